The molecular formula is C20H15BrN2O2S. The molecule has 1 aromatic heterocycles. The molecule has 0 saturated carbocycles. The van der Waals surface area contributed by atoms with E-state index in [0.29, 0.717) is 29.7 Å². The Balaban J connectivity index is 1.79. The first-order valence-corrected chi connectivity index (χ1v) is 9.83. The fourth-order valence-corrected chi connectivity index (χ4v) is 5.18. The van der Waals surface area contributed by atoms with E-state index >= 15 is 0 Å². The number of nitrogens with zero attached hydrogens (tertiary/aromatic N) is 1. The molecule has 2 aromatic rings. The van der Waals surface area contributed by atoms with E-state index in [1.807, 2.05) is 42.5 Å². The lowest BCUT2D eigenvalue weighted by Crippen LogP contribution is -2.29. The third-order valence-electron chi connectivity index (χ3n) is 4.81. The van der Waals surface area contributed by atoms with Crippen molar-refractivity contribution in [3.8, 4) is 6.07 Å². The maximum atomic E-state index is 13.1. The van der Waals surface area contributed by atoms with Crippen molar-refractivity contribution in [2.75, 3.05) is 0 Å². The summed E-state index contributed by atoms with van der Waals surface area (Å²) in [6.07, 6.45) is 1.02. The standard InChI is InChI=1S/C20H15BrN2O2S/c21-17-7-6-16(26-17)18-13(10-22)20(23)25-15-9-12(8-14(24)19(15)18)11-4-2-1-3-5-11/h1-7,12,18H,8-9,23H2/t12-,18-/m1/s1. The molecule has 1 aliphatic heterocycles. The molecule has 0 saturated heterocycles. The van der Waals surface area contributed by atoms with Crippen molar-refractivity contribution in [2.45, 2.75) is 24.7 Å². The second-order valence-corrected chi connectivity index (χ2v) is 8.84. The van der Waals surface area contributed by atoms with Gasteiger partial charge in [0.2, 0.25) is 5.88 Å². The van der Waals surface area contributed by atoms with E-state index in [2.05, 4.69) is 22.0 Å². The van der Waals surface area contributed by atoms with Crippen molar-refractivity contribution < 1.29 is 9.53 Å². The molecule has 2 aliphatic rings. The van der Waals surface area contributed by atoms with Crippen molar-refractivity contribution in [1.82, 2.24) is 0 Å². The van der Waals surface area contributed by atoms with Crippen LogP contribution in [0.3, 0.4) is 0 Å². The molecule has 26 heavy (non-hydrogen) atoms. The van der Waals surface area contributed by atoms with Crippen molar-refractivity contribution in [3.05, 3.63) is 79.5 Å². The summed E-state index contributed by atoms with van der Waals surface area (Å²) < 4.78 is 6.71. The summed E-state index contributed by atoms with van der Waals surface area (Å²) in [6, 6.07) is 15.9. The van der Waals surface area contributed by atoms with Gasteiger partial charge in [0.25, 0.3) is 0 Å². The predicted octanol–water partition coefficient (Wildman–Crippen LogP) is 4.72. The minimum absolute atomic E-state index is 0.0230. The van der Waals surface area contributed by atoms with E-state index < -0.39 is 5.92 Å². The molecule has 4 nitrogen and oxygen atoms in total. The van der Waals surface area contributed by atoms with Crippen LogP contribution in [0.5, 0.6) is 0 Å². The molecule has 0 fully saturated rings. The second-order valence-electron chi connectivity index (χ2n) is 6.34. The number of carbonyl (C=O) groups excluding carboxylic acids is 1. The number of hydrogen-bond acceptors (Lipinski definition) is 5. The summed E-state index contributed by atoms with van der Waals surface area (Å²) in [6.45, 7) is 0. The maximum Gasteiger partial charge on any atom is 0.205 e. The number of Topliss-reactive ketones (excluding diaryl/α,β-unsaturated/α-hetero) is 1. The molecule has 2 N–H and O–H groups in total. The number of thiophene rings is 1. The minimum Gasteiger partial charge on any atom is -0.444 e. The van der Waals surface area contributed by atoms with E-state index in [1.54, 1.807) is 0 Å². The smallest absolute Gasteiger partial charge is 0.205 e. The topological polar surface area (TPSA) is 76.1 Å². The van der Waals surface area contributed by atoms with Gasteiger partial charge in [0.1, 0.15) is 17.4 Å². The molecule has 0 radical (unpaired) electrons. The van der Waals surface area contributed by atoms with Crippen LogP contribution >= 0.6 is 27.3 Å². The molecular weight excluding hydrogens is 412 g/mol. The molecule has 0 amide bonds. The van der Waals surface area contributed by atoms with Crippen LogP contribution in [0.2, 0.25) is 0 Å². The SMILES string of the molecule is N#CC1=C(N)OC2=C(C(=O)C[C@@H](c3ccccc3)C2)[C@H]1c1ccc(Br)s1. The van der Waals surface area contributed by atoms with Crippen LogP contribution in [-0.4, -0.2) is 5.78 Å². The van der Waals surface area contributed by atoms with Gasteiger partial charge in [-0.25, -0.2) is 0 Å². The summed E-state index contributed by atoms with van der Waals surface area (Å²) in [5.74, 6) is 0.345. The van der Waals surface area contributed by atoms with Gasteiger partial charge in [-0.1, -0.05) is 30.3 Å². The molecule has 2 heterocycles. The van der Waals surface area contributed by atoms with E-state index in [1.165, 1.54) is 11.3 Å². The highest BCUT2D eigenvalue weighted by Gasteiger charge is 2.41. The first-order valence-electron chi connectivity index (χ1n) is 8.22. The molecule has 0 unspecified atom stereocenters. The molecule has 6 heteroatoms. The third-order valence-corrected chi connectivity index (χ3v) is 6.50. The van der Waals surface area contributed by atoms with Crippen molar-refractivity contribution >= 4 is 33.0 Å². The highest BCUT2D eigenvalue weighted by atomic mass is 79.9. The van der Waals surface area contributed by atoms with Gasteiger partial charge in [0, 0.05) is 23.3 Å². The van der Waals surface area contributed by atoms with E-state index in [0.717, 1.165) is 14.2 Å². The van der Waals surface area contributed by atoms with Gasteiger partial charge in [0.15, 0.2) is 5.78 Å². The van der Waals surface area contributed by atoms with Crippen LogP contribution in [0.1, 0.15) is 35.1 Å². The van der Waals surface area contributed by atoms with Crippen LogP contribution in [0.25, 0.3) is 0 Å². The van der Waals surface area contributed by atoms with Crippen molar-refractivity contribution in [2.24, 2.45) is 5.73 Å². The quantitative estimate of drug-likeness (QED) is 0.753. The monoisotopic (exact) mass is 426 g/mol. The summed E-state index contributed by atoms with van der Waals surface area (Å²) in [4.78, 5) is 14.0. The number of ketones is 1. The first kappa shape index (κ1) is 17.1. The Kier molecular flexibility index (Phi) is 4.43. The lowest BCUT2D eigenvalue weighted by atomic mass is 9.75. The Hall–Kier alpha value is -2.36. The average molecular weight is 427 g/mol. The zero-order valence-corrected chi connectivity index (χ0v) is 16.1. The van der Waals surface area contributed by atoms with Crippen molar-refractivity contribution in [1.29, 1.82) is 5.26 Å². The fraction of sp³-hybridized carbons (Fsp3) is 0.200. The average Bonchev–Trinajstić information content (AvgIpc) is 3.07. The van der Waals surface area contributed by atoms with Gasteiger partial charge in [-0.2, -0.15) is 5.26 Å². The molecule has 0 bridgehead atoms. The Bertz CT molecular complexity index is 985. The largest absolute Gasteiger partial charge is 0.444 e. The number of allylic oxidation sites excluding steroid dienone is 3. The highest BCUT2D eigenvalue weighted by Crippen LogP contribution is 2.48. The maximum absolute atomic E-state index is 13.1. The van der Waals surface area contributed by atoms with Crippen molar-refractivity contribution in [3.63, 3.8) is 0 Å². The normalized spacial score (nSPS) is 22.7. The Morgan fingerprint density at radius 1 is 1.19 bits per heavy atom. The van der Waals surface area contributed by atoms with Crippen LogP contribution < -0.4 is 5.73 Å². The van der Waals surface area contributed by atoms with E-state index in [9.17, 15) is 10.1 Å². The Morgan fingerprint density at radius 3 is 2.62 bits per heavy atom. The number of nitrogens with two attached hydrogens (primary N) is 1. The summed E-state index contributed by atoms with van der Waals surface area (Å²) in [5.41, 5.74) is 8.04. The third kappa shape index (κ3) is 2.87. The number of hydrogen-bond donors (Lipinski definition) is 1. The van der Waals surface area contributed by atoms with Gasteiger partial charge in [-0.05, 0) is 39.5 Å². The first-order chi connectivity index (χ1) is 12.6. The lowest BCUT2D eigenvalue weighted by Gasteiger charge is -2.33. The van der Waals surface area contributed by atoms with Gasteiger partial charge in [-0.15, -0.1) is 11.3 Å². The summed E-state index contributed by atoms with van der Waals surface area (Å²) >= 11 is 4.96. The molecule has 4 rings (SSSR count). The fourth-order valence-electron chi connectivity index (χ4n) is 3.64. The second kappa shape index (κ2) is 6.75. The van der Waals surface area contributed by atoms with E-state index in [-0.39, 0.29) is 17.6 Å². The number of benzene rings is 1. The number of nitriles is 1. The molecule has 130 valence electrons. The summed E-state index contributed by atoms with van der Waals surface area (Å²) in [5, 5.41) is 9.60. The molecule has 1 aliphatic carbocycles. The number of ether oxygens (including phenoxy) is 1. The molecule has 0 spiro atoms. The van der Waals surface area contributed by atoms with Crippen LogP contribution in [0.15, 0.2) is 69.0 Å². The van der Waals surface area contributed by atoms with Gasteiger partial charge < -0.3 is 10.5 Å². The van der Waals surface area contributed by atoms with Gasteiger partial charge in [-0.3, -0.25) is 4.79 Å². The zero-order chi connectivity index (χ0) is 18.3. The lowest BCUT2D eigenvalue weighted by molar-refractivity contribution is -0.117. The molecule has 2 atom stereocenters. The number of halogens is 1. The number of rotatable bonds is 2. The highest BCUT2D eigenvalue weighted by molar-refractivity contribution is 9.11. The Morgan fingerprint density at radius 2 is 1.96 bits per heavy atom. The van der Waals surface area contributed by atoms with Gasteiger partial charge in [0.05, 0.1) is 9.70 Å². The summed E-state index contributed by atoms with van der Waals surface area (Å²) in [7, 11) is 0. The Labute approximate surface area is 163 Å². The predicted molar refractivity (Wildman–Crippen MR) is 103 cm³/mol. The minimum atomic E-state index is -0.440. The van der Waals surface area contributed by atoms with Crippen LogP contribution in [0, 0.1) is 11.3 Å². The van der Waals surface area contributed by atoms with Crippen LogP contribution in [-0.2, 0) is 9.53 Å². The molecule has 1 aromatic carbocycles. The van der Waals surface area contributed by atoms with Gasteiger partial charge >= 0.3 is 0 Å². The zero-order valence-electron chi connectivity index (χ0n) is 13.7. The van der Waals surface area contributed by atoms with E-state index in [4.69, 9.17) is 10.5 Å². The number of carbonyl (C=O) groups is 1. The van der Waals surface area contributed by atoms with Crippen LogP contribution in [0.4, 0.5) is 0 Å².